The highest BCUT2D eigenvalue weighted by Gasteiger charge is 2.48. The van der Waals surface area contributed by atoms with E-state index in [4.69, 9.17) is 4.74 Å². The lowest BCUT2D eigenvalue weighted by Crippen LogP contribution is -2.36. The molecule has 4 rings (SSSR count). The molecule has 2 aliphatic rings. The molecule has 0 saturated carbocycles. The average molecular weight is 508 g/mol. The predicted octanol–water partition coefficient (Wildman–Crippen LogP) is 2.98. The summed E-state index contributed by atoms with van der Waals surface area (Å²) >= 11 is 0. The molecule has 37 heavy (non-hydrogen) atoms. The standard InChI is InChI=1S/C26H21FN2O8/c1-5-6-10(2)25(35)29-14-9-13(28-20-15(30)7-12(27)8-16(20)31)17-18(22(14)33)21(32)11(3)23-19(17)24(34)26(4,36)37-23/h5-9,30-32,36H,1H2,2-4H3,(H,29,35)/b10-6-,28-13+/t26-/m0/s1. The molecule has 0 saturated heterocycles. The Kier molecular flexibility index (Phi) is 5.96. The van der Waals surface area contributed by atoms with Gasteiger partial charge in [0.25, 0.3) is 11.7 Å². The molecule has 1 amide bonds. The van der Waals surface area contributed by atoms with Crippen molar-refractivity contribution in [1.82, 2.24) is 5.32 Å². The van der Waals surface area contributed by atoms with Gasteiger partial charge in [-0.3, -0.25) is 14.4 Å². The molecular formula is C26H21FN2O8. The Bertz CT molecular complexity index is 1510. The number of aromatic hydroxyl groups is 3. The number of carbonyl (C=O) groups is 3. The van der Waals surface area contributed by atoms with E-state index in [0.29, 0.717) is 12.1 Å². The molecule has 0 bridgehead atoms. The zero-order chi connectivity index (χ0) is 27.4. The van der Waals surface area contributed by atoms with E-state index in [1.165, 1.54) is 26.0 Å². The van der Waals surface area contributed by atoms with E-state index in [1.54, 1.807) is 0 Å². The number of aliphatic hydroxyl groups is 1. The van der Waals surface area contributed by atoms with Gasteiger partial charge < -0.3 is 30.5 Å². The van der Waals surface area contributed by atoms with Crippen molar-refractivity contribution in [1.29, 1.82) is 0 Å². The highest BCUT2D eigenvalue weighted by molar-refractivity contribution is 6.32. The number of ether oxygens (including phenoxy) is 1. The van der Waals surface area contributed by atoms with Gasteiger partial charge in [-0.25, -0.2) is 9.38 Å². The number of nitrogens with one attached hydrogen (secondary N) is 1. The van der Waals surface area contributed by atoms with Crippen LogP contribution in [-0.2, 0) is 4.79 Å². The number of amides is 1. The van der Waals surface area contributed by atoms with Crippen molar-refractivity contribution in [3.63, 3.8) is 0 Å². The number of halogens is 1. The van der Waals surface area contributed by atoms with E-state index in [2.05, 4.69) is 16.9 Å². The maximum Gasteiger partial charge on any atom is 0.270 e. The van der Waals surface area contributed by atoms with Crippen LogP contribution in [0.5, 0.6) is 23.0 Å². The largest absolute Gasteiger partial charge is 0.507 e. The van der Waals surface area contributed by atoms with Crippen molar-refractivity contribution in [3.8, 4) is 23.0 Å². The molecule has 1 atom stereocenters. The van der Waals surface area contributed by atoms with Crippen molar-refractivity contribution in [2.75, 3.05) is 0 Å². The van der Waals surface area contributed by atoms with Crippen LogP contribution in [0.15, 0.2) is 53.2 Å². The van der Waals surface area contributed by atoms with Crippen LogP contribution in [0.3, 0.4) is 0 Å². The van der Waals surface area contributed by atoms with Gasteiger partial charge in [-0.2, -0.15) is 0 Å². The van der Waals surface area contributed by atoms with Gasteiger partial charge in [-0.1, -0.05) is 18.7 Å². The number of phenolic OH excluding ortho intramolecular Hbond substituents is 3. The number of allylic oxidation sites excluding steroid dienone is 4. The lowest BCUT2D eigenvalue weighted by Gasteiger charge is -2.22. The number of hydrogen-bond acceptors (Lipinski definition) is 9. The van der Waals surface area contributed by atoms with Crippen LogP contribution in [0, 0.1) is 12.7 Å². The lowest BCUT2D eigenvalue weighted by molar-refractivity contribution is -0.116. The third-order valence-corrected chi connectivity index (χ3v) is 5.86. The van der Waals surface area contributed by atoms with Crippen LogP contribution in [0.1, 0.15) is 45.7 Å². The smallest absolute Gasteiger partial charge is 0.270 e. The Labute approximate surface area is 209 Å². The molecule has 0 fully saturated rings. The number of phenols is 3. The average Bonchev–Trinajstić information content (AvgIpc) is 3.05. The van der Waals surface area contributed by atoms with E-state index in [0.717, 1.165) is 13.0 Å². The van der Waals surface area contributed by atoms with Crippen LogP contribution in [-0.4, -0.2) is 49.4 Å². The van der Waals surface area contributed by atoms with Gasteiger partial charge >= 0.3 is 0 Å². The Balaban J connectivity index is 2.05. The Morgan fingerprint density at radius 3 is 2.38 bits per heavy atom. The zero-order valence-electron chi connectivity index (χ0n) is 19.8. The van der Waals surface area contributed by atoms with Gasteiger partial charge in [0.05, 0.1) is 22.5 Å². The first-order valence-electron chi connectivity index (χ1n) is 10.8. The molecule has 0 spiro atoms. The molecule has 0 unspecified atom stereocenters. The third-order valence-electron chi connectivity index (χ3n) is 5.86. The quantitative estimate of drug-likeness (QED) is 0.311. The molecule has 190 valence electrons. The van der Waals surface area contributed by atoms with Gasteiger partial charge in [0.2, 0.25) is 11.6 Å². The molecular weight excluding hydrogens is 487 g/mol. The van der Waals surface area contributed by atoms with Crippen LogP contribution in [0.25, 0.3) is 0 Å². The second kappa shape index (κ2) is 8.71. The van der Waals surface area contributed by atoms with Gasteiger partial charge in [0.15, 0.2) is 0 Å². The fourth-order valence-electron chi connectivity index (χ4n) is 4.01. The third kappa shape index (κ3) is 4.04. The van der Waals surface area contributed by atoms with Crippen LogP contribution in [0.2, 0.25) is 0 Å². The van der Waals surface area contributed by atoms with E-state index in [9.17, 15) is 39.2 Å². The number of carbonyl (C=O) groups excluding carboxylic acids is 3. The van der Waals surface area contributed by atoms with Gasteiger partial charge in [-0.05, 0) is 19.9 Å². The summed E-state index contributed by atoms with van der Waals surface area (Å²) in [6, 6.07) is 1.36. The number of Topliss-reactive ketones (excluding diaryl/α,β-unsaturated/α-hetero) is 2. The number of hydrogen-bond donors (Lipinski definition) is 5. The van der Waals surface area contributed by atoms with E-state index < -0.39 is 57.6 Å². The minimum Gasteiger partial charge on any atom is -0.507 e. The fraction of sp³-hybridized carbons (Fsp3) is 0.154. The van der Waals surface area contributed by atoms with Crippen molar-refractivity contribution >= 4 is 28.9 Å². The minimum absolute atomic E-state index is 0.0321. The van der Waals surface area contributed by atoms with Crippen molar-refractivity contribution in [3.05, 3.63) is 76.3 Å². The molecule has 0 radical (unpaired) electrons. The lowest BCUT2D eigenvalue weighted by atomic mass is 9.83. The summed E-state index contributed by atoms with van der Waals surface area (Å²) in [5.41, 5.74) is -2.00. The second-order valence-electron chi connectivity index (χ2n) is 8.56. The van der Waals surface area contributed by atoms with Crippen molar-refractivity contribution in [2.24, 2.45) is 4.99 Å². The van der Waals surface area contributed by atoms with Gasteiger partial charge in [0, 0.05) is 35.8 Å². The molecule has 1 aliphatic heterocycles. The van der Waals surface area contributed by atoms with E-state index >= 15 is 0 Å². The first kappa shape index (κ1) is 25.3. The number of rotatable bonds is 4. The minimum atomic E-state index is -2.33. The fourth-order valence-corrected chi connectivity index (χ4v) is 4.01. The Hall–Kier alpha value is -4.77. The number of fused-ring (bicyclic) bond motifs is 3. The zero-order valence-corrected chi connectivity index (χ0v) is 19.8. The van der Waals surface area contributed by atoms with Gasteiger partial charge in [-0.15, -0.1) is 0 Å². The maximum atomic E-state index is 13.6. The van der Waals surface area contributed by atoms with Crippen LogP contribution >= 0.6 is 0 Å². The summed E-state index contributed by atoms with van der Waals surface area (Å²) in [6.45, 7) is 7.40. The van der Waals surface area contributed by atoms with E-state index in [-0.39, 0.29) is 39.4 Å². The monoisotopic (exact) mass is 508 g/mol. The number of nitrogens with zero attached hydrogens (tertiary/aromatic N) is 1. The van der Waals surface area contributed by atoms with E-state index in [1.807, 2.05) is 0 Å². The molecule has 0 aromatic heterocycles. The van der Waals surface area contributed by atoms with Gasteiger partial charge in [0.1, 0.15) is 34.5 Å². The molecule has 2 aromatic rings. The summed E-state index contributed by atoms with van der Waals surface area (Å²) in [5, 5.41) is 44.2. The molecule has 1 aliphatic carbocycles. The Morgan fingerprint density at radius 1 is 1.16 bits per heavy atom. The molecule has 11 heteroatoms. The predicted molar refractivity (Wildman–Crippen MR) is 129 cm³/mol. The summed E-state index contributed by atoms with van der Waals surface area (Å²) in [5.74, 6) is -8.15. The summed E-state index contributed by atoms with van der Waals surface area (Å²) < 4.78 is 19.0. The van der Waals surface area contributed by atoms with Crippen molar-refractivity contribution in [2.45, 2.75) is 26.6 Å². The maximum absolute atomic E-state index is 13.6. The second-order valence-corrected chi connectivity index (χ2v) is 8.56. The highest BCUT2D eigenvalue weighted by atomic mass is 19.1. The summed E-state index contributed by atoms with van der Waals surface area (Å²) in [6.07, 6.45) is 3.82. The normalized spacial score (nSPS) is 19.8. The first-order valence-corrected chi connectivity index (χ1v) is 10.8. The van der Waals surface area contributed by atoms with Crippen LogP contribution in [0.4, 0.5) is 10.1 Å². The number of benzene rings is 2. The summed E-state index contributed by atoms with van der Waals surface area (Å²) in [4.78, 5) is 43.3. The first-order chi connectivity index (χ1) is 17.3. The number of ketones is 2. The SMILES string of the molecule is C=C/C=C(/C)C(=O)NC1=C/C(=N\c2c(O)cc(F)cc2O)c2c(c(O)c(C)c3c2C(=O)[C@@](C)(O)O3)C1=O. The van der Waals surface area contributed by atoms with Crippen molar-refractivity contribution < 1.29 is 43.9 Å². The molecule has 5 N–H and O–H groups in total. The number of aliphatic imine (C=N–C) groups is 1. The summed E-state index contributed by atoms with van der Waals surface area (Å²) in [7, 11) is 0. The molecule has 2 aromatic carbocycles. The molecule has 1 heterocycles. The Morgan fingerprint density at radius 2 is 1.78 bits per heavy atom. The topological polar surface area (TPSA) is 166 Å². The highest BCUT2D eigenvalue weighted by Crippen LogP contribution is 2.48. The van der Waals surface area contributed by atoms with Crippen LogP contribution < -0.4 is 10.1 Å². The molecule has 10 nitrogen and oxygen atoms in total.